The van der Waals surface area contributed by atoms with Crippen molar-refractivity contribution in [3.8, 4) is 53.6 Å². The molecule has 0 aliphatic rings. The van der Waals surface area contributed by atoms with Gasteiger partial charge < -0.3 is 18.9 Å². The minimum absolute atomic E-state index is 0.0706. The summed E-state index contributed by atoms with van der Waals surface area (Å²) in [6.07, 6.45) is 0.141. The number of thiophene rings is 2. The van der Waals surface area contributed by atoms with Crippen LogP contribution >= 0.6 is 22.7 Å². The monoisotopic (exact) mass is 522 g/mol. The first-order chi connectivity index (χ1) is 17.2. The fraction of sp³-hybridized carbons (Fsp3) is 0.333. The highest BCUT2D eigenvalue weighted by Gasteiger charge is 2.22. The maximum atomic E-state index is 6.17. The molecule has 190 valence electrons. The first-order valence-electron chi connectivity index (χ1n) is 12.1. The van der Waals surface area contributed by atoms with Crippen molar-refractivity contribution in [2.45, 2.75) is 53.8 Å². The van der Waals surface area contributed by atoms with Crippen molar-refractivity contribution in [2.24, 2.45) is 0 Å². The van der Waals surface area contributed by atoms with E-state index in [9.17, 15) is 0 Å². The molecule has 0 N–H and O–H groups in total. The highest BCUT2D eigenvalue weighted by Crippen LogP contribution is 2.50. The zero-order chi connectivity index (χ0) is 26.0. The Morgan fingerprint density at radius 1 is 0.583 bits per heavy atom. The third-order valence-electron chi connectivity index (χ3n) is 5.67. The highest BCUT2D eigenvalue weighted by molar-refractivity contribution is 7.25. The van der Waals surface area contributed by atoms with Gasteiger partial charge in [0.05, 0.1) is 37.6 Å². The molecule has 0 bridgehead atoms. The molecule has 2 heterocycles. The first-order valence-corrected chi connectivity index (χ1v) is 13.8. The van der Waals surface area contributed by atoms with Crippen LogP contribution in [0, 0.1) is 13.8 Å². The molecule has 0 fully saturated rings. The SMILES string of the molecule is COc1cccc(OC(C)C)c1-c1sc(-c2cc(C)c(-c3c(OC)cccc3OC(C)C)s2)cc1C. The quantitative estimate of drug-likeness (QED) is 0.220. The zero-order valence-corrected chi connectivity index (χ0v) is 23.9. The van der Waals surface area contributed by atoms with Crippen molar-refractivity contribution in [1.29, 1.82) is 0 Å². The van der Waals surface area contributed by atoms with E-state index in [2.05, 4.69) is 26.0 Å². The lowest BCUT2D eigenvalue weighted by Crippen LogP contribution is -2.07. The fourth-order valence-electron chi connectivity index (χ4n) is 4.22. The van der Waals surface area contributed by atoms with Gasteiger partial charge in [-0.05, 0) is 89.1 Å². The van der Waals surface area contributed by atoms with E-state index in [4.69, 9.17) is 18.9 Å². The van der Waals surface area contributed by atoms with E-state index in [0.29, 0.717) is 0 Å². The molecule has 0 atom stereocenters. The molecule has 2 aromatic heterocycles. The summed E-state index contributed by atoms with van der Waals surface area (Å²) < 4.78 is 23.8. The van der Waals surface area contributed by atoms with Crippen LogP contribution in [0.1, 0.15) is 38.8 Å². The van der Waals surface area contributed by atoms with Gasteiger partial charge in [0.25, 0.3) is 0 Å². The van der Waals surface area contributed by atoms with E-state index >= 15 is 0 Å². The van der Waals surface area contributed by atoms with Crippen LogP contribution in [-0.4, -0.2) is 26.4 Å². The van der Waals surface area contributed by atoms with Gasteiger partial charge in [0.1, 0.15) is 23.0 Å². The first kappa shape index (κ1) is 26.1. The normalized spacial score (nSPS) is 11.3. The van der Waals surface area contributed by atoms with E-state index in [1.165, 1.54) is 20.9 Å². The number of rotatable bonds is 9. The molecule has 6 heteroatoms. The van der Waals surface area contributed by atoms with Gasteiger partial charge in [-0.25, -0.2) is 0 Å². The van der Waals surface area contributed by atoms with Crippen LogP contribution in [0.5, 0.6) is 23.0 Å². The minimum Gasteiger partial charge on any atom is -0.496 e. The molecule has 0 saturated heterocycles. The molecule has 0 saturated carbocycles. The predicted octanol–water partition coefficient (Wildman–Crippen LogP) is 9.02. The zero-order valence-electron chi connectivity index (χ0n) is 22.2. The molecular formula is C30H34O4S2. The van der Waals surface area contributed by atoms with Crippen LogP contribution in [0.3, 0.4) is 0 Å². The summed E-state index contributed by atoms with van der Waals surface area (Å²) in [5.74, 6) is 3.32. The van der Waals surface area contributed by atoms with Crippen LogP contribution in [0.2, 0.25) is 0 Å². The Bertz CT molecular complexity index is 1240. The van der Waals surface area contributed by atoms with E-state index in [0.717, 1.165) is 43.9 Å². The Morgan fingerprint density at radius 2 is 0.944 bits per heavy atom. The number of ether oxygens (including phenoxy) is 4. The Morgan fingerprint density at radius 3 is 1.28 bits per heavy atom. The van der Waals surface area contributed by atoms with Gasteiger partial charge in [0.2, 0.25) is 0 Å². The van der Waals surface area contributed by atoms with Crippen LogP contribution in [-0.2, 0) is 0 Å². The van der Waals surface area contributed by atoms with Crippen LogP contribution in [0.4, 0.5) is 0 Å². The summed E-state index contributed by atoms with van der Waals surface area (Å²) in [4.78, 5) is 4.74. The average Bonchev–Trinajstić information content (AvgIpc) is 3.40. The van der Waals surface area contributed by atoms with Crippen molar-refractivity contribution in [3.63, 3.8) is 0 Å². The van der Waals surface area contributed by atoms with Crippen molar-refractivity contribution < 1.29 is 18.9 Å². The third-order valence-corrected chi connectivity index (χ3v) is 8.38. The molecule has 0 aliphatic carbocycles. The maximum absolute atomic E-state index is 6.17. The van der Waals surface area contributed by atoms with Crippen molar-refractivity contribution in [3.05, 3.63) is 59.7 Å². The van der Waals surface area contributed by atoms with Gasteiger partial charge in [-0.3, -0.25) is 0 Å². The van der Waals surface area contributed by atoms with Crippen molar-refractivity contribution in [2.75, 3.05) is 14.2 Å². The van der Waals surface area contributed by atoms with Crippen molar-refractivity contribution >= 4 is 22.7 Å². The second-order valence-corrected chi connectivity index (χ2v) is 11.4. The largest absolute Gasteiger partial charge is 0.496 e. The molecule has 0 unspecified atom stereocenters. The lowest BCUT2D eigenvalue weighted by atomic mass is 10.1. The predicted molar refractivity (Wildman–Crippen MR) is 153 cm³/mol. The number of hydrogen-bond donors (Lipinski definition) is 0. The van der Waals surface area contributed by atoms with E-state index in [-0.39, 0.29) is 12.2 Å². The Labute approximate surface area is 222 Å². The number of aryl methyl sites for hydroxylation is 2. The Balaban J connectivity index is 1.82. The lowest BCUT2D eigenvalue weighted by molar-refractivity contribution is 0.242. The average molecular weight is 523 g/mol. The number of hydrogen-bond acceptors (Lipinski definition) is 6. The second-order valence-electron chi connectivity index (χ2n) is 9.25. The molecule has 0 aliphatic heterocycles. The molecule has 0 amide bonds. The highest BCUT2D eigenvalue weighted by atomic mass is 32.1. The smallest absolute Gasteiger partial charge is 0.132 e. The molecular weight excluding hydrogens is 488 g/mol. The summed E-state index contributed by atoms with van der Waals surface area (Å²) >= 11 is 3.53. The molecule has 2 aromatic carbocycles. The second kappa shape index (κ2) is 11.0. The van der Waals surface area contributed by atoms with Crippen molar-refractivity contribution in [1.82, 2.24) is 0 Å². The maximum Gasteiger partial charge on any atom is 0.132 e. The minimum atomic E-state index is 0.0706. The fourth-order valence-corrected chi connectivity index (χ4v) is 6.74. The van der Waals surface area contributed by atoms with E-state index in [1.54, 1.807) is 36.9 Å². The Kier molecular flexibility index (Phi) is 7.96. The Hall–Kier alpha value is -2.96. The van der Waals surface area contributed by atoms with Crippen LogP contribution in [0.15, 0.2) is 48.5 Å². The standard InChI is InChI=1S/C30H34O4S2/c1-17(2)33-23-13-9-11-21(31-7)27(23)29-19(5)15-25(35-29)26-16-20(6)30(36-26)28-22(32-8)12-10-14-24(28)34-18(3)4/h9-18H,1-8H3. The third kappa shape index (κ3) is 5.25. The molecule has 0 spiro atoms. The molecule has 36 heavy (non-hydrogen) atoms. The number of methoxy groups -OCH3 is 2. The van der Waals surface area contributed by atoms with Gasteiger partial charge in [-0.2, -0.15) is 0 Å². The van der Waals surface area contributed by atoms with Crippen LogP contribution in [0.25, 0.3) is 30.6 Å². The van der Waals surface area contributed by atoms with E-state index in [1.807, 2.05) is 64.1 Å². The summed E-state index contributed by atoms with van der Waals surface area (Å²) in [7, 11) is 3.42. The molecule has 4 nitrogen and oxygen atoms in total. The van der Waals surface area contributed by atoms with E-state index < -0.39 is 0 Å². The van der Waals surface area contributed by atoms with Gasteiger partial charge in [0, 0.05) is 19.5 Å². The summed E-state index contributed by atoms with van der Waals surface area (Å²) in [6.45, 7) is 12.5. The van der Waals surface area contributed by atoms with Crippen LogP contribution < -0.4 is 18.9 Å². The molecule has 4 aromatic rings. The lowest BCUT2D eigenvalue weighted by Gasteiger charge is -2.16. The number of benzene rings is 2. The van der Waals surface area contributed by atoms with Gasteiger partial charge >= 0.3 is 0 Å². The molecule has 0 radical (unpaired) electrons. The van der Waals surface area contributed by atoms with Gasteiger partial charge in [-0.15, -0.1) is 22.7 Å². The summed E-state index contributed by atoms with van der Waals surface area (Å²) in [6, 6.07) is 16.5. The summed E-state index contributed by atoms with van der Waals surface area (Å²) in [5, 5.41) is 0. The topological polar surface area (TPSA) is 36.9 Å². The molecule has 4 rings (SSSR count). The van der Waals surface area contributed by atoms with Gasteiger partial charge in [-0.1, -0.05) is 12.1 Å². The summed E-state index contributed by atoms with van der Waals surface area (Å²) in [5.41, 5.74) is 4.41. The van der Waals surface area contributed by atoms with Gasteiger partial charge in [0.15, 0.2) is 0 Å².